The van der Waals surface area contributed by atoms with Crippen molar-refractivity contribution >= 4 is 6.09 Å². The summed E-state index contributed by atoms with van der Waals surface area (Å²) in [7, 11) is 0. The van der Waals surface area contributed by atoms with Crippen LogP contribution in [0.15, 0.2) is 78.9 Å². The standard InChI is InChI=1S/C31H34N2O5/c34-31(35)33(28-20-32-15-13-23(28)14-16-32)29(24-5-2-1-3-6-24)26-7-4-8-27(19-26)38-21-22-9-11-25(12-10-22)30-36-17-18-37-30/h1-12,19,23,28-30H,13-18,20-21H2,(H,34,35)/t28?,29-/m0/s1. The SMILES string of the molecule is O=C(O)N(C1CN2CCC1CC2)[C@@H](c1ccccc1)c1cccc(OCc2ccc(C3OCCO3)cc2)c1. The molecule has 4 heterocycles. The summed E-state index contributed by atoms with van der Waals surface area (Å²) < 4.78 is 17.3. The zero-order chi connectivity index (χ0) is 25.9. The number of carboxylic acid groups (broad SMARTS) is 1. The van der Waals surface area contributed by atoms with E-state index in [-0.39, 0.29) is 12.3 Å². The molecule has 0 radical (unpaired) electrons. The second-order valence-corrected chi connectivity index (χ2v) is 10.4. The van der Waals surface area contributed by atoms with Crippen LogP contribution in [0.1, 0.15) is 47.4 Å². The van der Waals surface area contributed by atoms with Crippen molar-refractivity contribution in [2.45, 2.75) is 37.8 Å². The molecule has 2 bridgehead atoms. The molecule has 3 aromatic rings. The summed E-state index contributed by atoms with van der Waals surface area (Å²) in [6.45, 7) is 4.58. The first kappa shape index (κ1) is 24.9. The van der Waals surface area contributed by atoms with Gasteiger partial charge in [-0.2, -0.15) is 0 Å². The van der Waals surface area contributed by atoms with Crippen LogP contribution in [-0.4, -0.2) is 59.9 Å². The van der Waals surface area contributed by atoms with Gasteiger partial charge in [0.2, 0.25) is 0 Å². The number of fused-ring (bicyclic) bond motifs is 3. The van der Waals surface area contributed by atoms with Crippen molar-refractivity contribution in [1.82, 2.24) is 9.80 Å². The average Bonchev–Trinajstić information content (AvgIpc) is 3.51. The third-order valence-corrected chi connectivity index (χ3v) is 8.05. The van der Waals surface area contributed by atoms with Crippen molar-refractivity contribution in [3.63, 3.8) is 0 Å². The minimum Gasteiger partial charge on any atom is -0.489 e. The number of hydrogen-bond acceptors (Lipinski definition) is 5. The van der Waals surface area contributed by atoms with Gasteiger partial charge < -0.3 is 24.2 Å². The number of benzene rings is 3. The summed E-state index contributed by atoms with van der Waals surface area (Å²) >= 11 is 0. The lowest BCUT2D eigenvalue weighted by Gasteiger charge is -2.50. The minimum absolute atomic E-state index is 0.0314. The van der Waals surface area contributed by atoms with Crippen molar-refractivity contribution in [3.8, 4) is 5.75 Å². The summed E-state index contributed by atoms with van der Waals surface area (Å²) in [6, 6.07) is 25.5. The Bertz CT molecular complexity index is 1220. The molecule has 0 spiro atoms. The summed E-state index contributed by atoms with van der Waals surface area (Å²) in [5.74, 6) is 1.11. The lowest BCUT2D eigenvalue weighted by Crippen LogP contribution is -2.59. The maximum atomic E-state index is 12.8. The van der Waals surface area contributed by atoms with E-state index in [9.17, 15) is 9.90 Å². The van der Waals surface area contributed by atoms with Gasteiger partial charge in [-0.1, -0.05) is 66.7 Å². The van der Waals surface area contributed by atoms with Gasteiger partial charge in [0.05, 0.1) is 25.3 Å². The second kappa shape index (κ2) is 11.2. The topological polar surface area (TPSA) is 71.5 Å². The Morgan fingerprint density at radius 3 is 2.32 bits per heavy atom. The molecule has 0 aromatic heterocycles. The van der Waals surface area contributed by atoms with Gasteiger partial charge in [0.15, 0.2) is 6.29 Å². The van der Waals surface area contributed by atoms with Crippen molar-refractivity contribution in [3.05, 3.63) is 101 Å². The highest BCUT2D eigenvalue weighted by Gasteiger charge is 2.43. The Balaban J connectivity index is 1.24. The van der Waals surface area contributed by atoms with Gasteiger partial charge in [-0.25, -0.2) is 4.79 Å². The minimum atomic E-state index is -0.876. The van der Waals surface area contributed by atoms with Crippen molar-refractivity contribution < 1.29 is 24.1 Å². The molecule has 4 fully saturated rings. The lowest BCUT2D eigenvalue weighted by molar-refractivity contribution is -0.0441. The summed E-state index contributed by atoms with van der Waals surface area (Å²) in [4.78, 5) is 16.9. The first-order valence-electron chi connectivity index (χ1n) is 13.5. The molecule has 1 amide bonds. The zero-order valence-corrected chi connectivity index (χ0v) is 21.4. The van der Waals surface area contributed by atoms with Crippen LogP contribution in [0.2, 0.25) is 0 Å². The Kier molecular flexibility index (Phi) is 7.31. The molecule has 0 aliphatic carbocycles. The third-order valence-electron chi connectivity index (χ3n) is 8.05. The van der Waals surface area contributed by atoms with Gasteiger partial charge in [-0.15, -0.1) is 0 Å². The molecule has 4 saturated heterocycles. The van der Waals surface area contributed by atoms with Crippen LogP contribution in [0.3, 0.4) is 0 Å². The second-order valence-electron chi connectivity index (χ2n) is 10.4. The lowest BCUT2D eigenvalue weighted by atomic mass is 9.81. The molecule has 0 saturated carbocycles. The highest BCUT2D eigenvalue weighted by atomic mass is 16.7. The number of carbonyl (C=O) groups is 1. The number of rotatable bonds is 8. The van der Waals surface area contributed by atoms with Crippen molar-refractivity contribution in [2.75, 3.05) is 32.8 Å². The molecule has 198 valence electrons. The van der Waals surface area contributed by atoms with E-state index in [1.54, 1.807) is 4.90 Å². The quantitative estimate of drug-likeness (QED) is 0.430. The summed E-state index contributed by atoms with van der Waals surface area (Å²) in [5, 5.41) is 10.5. The van der Waals surface area contributed by atoms with E-state index in [1.165, 1.54) is 0 Å². The highest BCUT2D eigenvalue weighted by Crippen LogP contribution is 2.39. The molecule has 1 N–H and O–H groups in total. The van der Waals surface area contributed by atoms with E-state index in [0.717, 1.165) is 54.7 Å². The van der Waals surface area contributed by atoms with Gasteiger partial charge >= 0.3 is 6.09 Å². The molecule has 4 aliphatic heterocycles. The van der Waals surface area contributed by atoms with E-state index in [1.807, 2.05) is 78.9 Å². The monoisotopic (exact) mass is 514 g/mol. The Hall–Kier alpha value is -3.39. The fourth-order valence-electron chi connectivity index (χ4n) is 6.10. The van der Waals surface area contributed by atoms with Gasteiger partial charge in [-0.3, -0.25) is 4.90 Å². The van der Waals surface area contributed by atoms with Crippen molar-refractivity contribution in [2.24, 2.45) is 5.92 Å². The zero-order valence-electron chi connectivity index (χ0n) is 21.4. The molecule has 1 unspecified atom stereocenters. The molecule has 3 aromatic carbocycles. The molecular weight excluding hydrogens is 480 g/mol. The summed E-state index contributed by atoms with van der Waals surface area (Å²) in [5.41, 5.74) is 3.92. The van der Waals surface area contributed by atoms with Crippen LogP contribution in [0.5, 0.6) is 5.75 Å². The third kappa shape index (κ3) is 5.27. The van der Waals surface area contributed by atoms with Crippen LogP contribution < -0.4 is 4.74 Å². The van der Waals surface area contributed by atoms with E-state index >= 15 is 0 Å². The fourth-order valence-corrected chi connectivity index (χ4v) is 6.10. The average molecular weight is 515 g/mol. The number of nitrogens with zero attached hydrogens (tertiary/aromatic N) is 2. The predicted molar refractivity (Wildman–Crippen MR) is 143 cm³/mol. The predicted octanol–water partition coefficient (Wildman–Crippen LogP) is 5.47. The van der Waals surface area contributed by atoms with Crippen LogP contribution in [0.4, 0.5) is 4.79 Å². The number of piperidine rings is 3. The van der Waals surface area contributed by atoms with Crippen LogP contribution >= 0.6 is 0 Å². The van der Waals surface area contributed by atoms with Crippen molar-refractivity contribution in [1.29, 1.82) is 0 Å². The van der Waals surface area contributed by atoms with Crippen LogP contribution in [0.25, 0.3) is 0 Å². The maximum Gasteiger partial charge on any atom is 0.408 e. The molecule has 2 atom stereocenters. The molecule has 4 aliphatic rings. The number of amides is 1. The van der Waals surface area contributed by atoms with Gasteiger partial charge in [0.1, 0.15) is 12.4 Å². The smallest absolute Gasteiger partial charge is 0.408 e. The molecule has 38 heavy (non-hydrogen) atoms. The maximum absolute atomic E-state index is 12.8. The van der Waals surface area contributed by atoms with Gasteiger partial charge in [0.25, 0.3) is 0 Å². The molecule has 7 nitrogen and oxygen atoms in total. The van der Waals surface area contributed by atoms with Crippen LogP contribution in [0, 0.1) is 5.92 Å². The first-order valence-corrected chi connectivity index (χ1v) is 13.5. The Morgan fingerprint density at radius 1 is 0.947 bits per heavy atom. The van der Waals surface area contributed by atoms with E-state index in [2.05, 4.69) is 4.90 Å². The normalized spacial score (nSPS) is 23.7. The molecule has 7 rings (SSSR count). The van der Waals surface area contributed by atoms with E-state index in [0.29, 0.717) is 31.5 Å². The van der Waals surface area contributed by atoms with E-state index < -0.39 is 12.1 Å². The number of ether oxygens (including phenoxy) is 3. The van der Waals surface area contributed by atoms with Crippen LogP contribution in [-0.2, 0) is 16.1 Å². The largest absolute Gasteiger partial charge is 0.489 e. The van der Waals surface area contributed by atoms with Gasteiger partial charge in [-0.05, 0) is 60.7 Å². The fraction of sp³-hybridized carbons (Fsp3) is 0.387. The highest BCUT2D eigenvalue weighted by molar-refractivity contribution is 5.67. The Morgan fingerprint density at radius 2 is 1.66 bits per heavy atom. The first-order chi connectivity index (χ1) is 18.7. The van der Waals surface area contributed by atoms with Gasteiger partial charge in [0, 0.05) is 12.1 Å². The number of hydrogen-bond donors (Lipinski definition) is 1. The Labute approximate surface area is 223 Å². The molecular formula is C31H34N2O5. The van der Waals surface area contributed by atoms with E-state index in [4.69, 9.17) is 14.2 Å². The molecule has 7 heteroatoms. The summed E-state index contributed by atoms with van der Waals surface area (Å²) in [6.07, 6.45) is 0.942.